The predicted octanol–water partition coefficient (Wildman–Crippen LogP) is 7.87. The normalized spacial score (nSPS) is 12.0. The van der Waals surface area contributed by atoms with Gasteiger partial charge in [-0.3, -0.25) is 0 Å². The minimum Gasteiger partial charge on any atom is -0.436 e. The van der Waals surface area contributed by atoms with E-state index in [1.165, 1.54) is 11.1 Å². The van der Waals surface area contributed by atoms with Crippen LogP contribution in [0.25, 0.3) is 0 Å². The summed E-state index contributed by atoms with van der Waals surface area (Å²) in [5.74, 6) is 2.39. The zero-order valence-electron chi connectivity index (χ0n) is 18.1. The van der Waals surface area contributed by atoms with Gasteiger partial charge in [-0.15, -0.1) is 0 Å². The van der Waals surface area contributed by atoms with Gasteiger partial charge in [0.15, 0.2) is 0 Å². The van der Waals surface area contributed by atoms with Crippen LogP contribution in [0.3, 0.4) is 0 Å². The van der Waals surface area contributed by atoms with Gasteiger partial charge in [-0.25, -0.2) is 9.97 Å². The molecule has 0 atom stereocenters. The summed E-state index contributed by atoms with van der Waals surface area (Å²) in [6.45, 7) is 13.2. The lowest BCUT2D eigenvalue weighted by Crippen LogP contribution is -2.11. The van der Waals surface area contributed by atoms with Crippen molar-refractivity contribution in [3.63, 3.8) is 0 Å². The summed E-state index contributed by atoms with van der Waals surface area (Å²) in [6.07, 6.45) is 3.17. The van der Waals surface area contributed by atoms with E-state index in [4.69, 9.17) is 9.47 Å². The SMILES string of the molecule is CC(C)(C)c1ccc(Oc2cnc(Oc3ccc(C(C)(C)C)cc3I)cn2)c(I)c1. The summed E-state index contributed by atoms with van der Waals surface area (Å²) in [7, 11) is 0. The molecule has 0 fully saturated rings. The Morgan fingerprint density at radius 1 is 0.633 bits per heavy atom. The average molecular weight is 628 g/mol. The Morgan fingerprint density at radius 2 is 1.00 bits per heavy atom. The Labute approximate surface area is 206 Å². The third kappa shape index (κ3) is 5.84. The van der Waals surface area contributed by atoms with Gasteiger partial charge in [-0.05, 0) is 91.4 Å². The molecule has 0 N–H and O–H groups in total. The van der Waals surface area contributed by atoms with Crippen LogP contribution in [0, 0.1) is 7.14 Å². The monoisotopic (exact) mass is 628 g/mol. The molecule has 0 radical (unpaired) electrons. The summed E-state index contributed by atoms with van der Waals surface area (Å²) >= 11 is 4.57. The molecule has 0 spiro atoms. The molecule has 0 saturated carbocycles. The van der Waals surface area contributed by atoms with E-state index in [0.29, 0.717) is 11.8 Å². The van der Waals surface area contributed by atoms with Gasteiger partial charge in [0, 0.05) is 0 Å². The molecular weight excluding hydrogens is 602 g/mol. The van der Waals surface area contributed by atoms with E-state index >= 15 is 0 Å². The fraction of sp³-hybridized carbons (Fsp3) is 0.333. The minimum absolute atomic E-state index is 0.0971. The first-order valence-electron chi connectivity index (χ1n) is 9.71. The summed E-state index contributed by atoms with van der Waals surface area (Å²) in [4.78, 5) is 8.71. The number of rotatable bonds is 4. The summed E-state index contributed by atoms with van der Waals surface area (Å²) in [5, 5.41) is 0. The van der Waals surface area contributed by atoms with Crippen molar-refractivity contribution in [2.75, 3.05) is 0 Å². The van der Waals surface area contributed by atoms with E-state index in [1.54, 1.807) is 12.4 Å². The van der Waals surface area contributed by atoms with E-state index in [-0.39, 0.29) is 10.8 Å². The highest BCUT2D eigenvalue weighted by molar-refractivity contribution is 14.1. The lowest BCUT2D eigenvalue weighted by Gasteiger charge is -2.20. The van der Waals surface area contributed by atoms with E-state index < -0.39 is 0 Å². The number of benzene rings is 2. The largest absolute Gasteiger partial charge is 0.436 e. The van der Waals surface area contributed by atoms with Crippen molar-refractivity contribution in [3.8, 4) is 23.3 Å². The van der Waals surface area contributed by atoms with Crippen LogP contribution in [-0.2, 0) is 10.8 Å². The van der Waals surface area contributed by atoms with Gasteiger partial charge in [-0.1, -0.05) is 53.7 Å². The van der Waals surface area contributed by atoms with Gasteiger partial charge < -0.3 is 9.47 Å². The van der Waals surface area contributed by atoms with Crippen molar-refractivity contribution in [2.24, 2.45) is 0 Å². The second-order valence-electron chi connectivity index (χ2n) is 9.19. The van der Waals surface area contributed by atoms with Gasteiger partial charge in [-0.2, -0.15) is 0 Å². The molecule has 6 heteroatoms. The van der Waals surface area contributed by atoms with Crippen LogP contribution < -0.4 is 9.47 Å². The Morgan fingerprint density at radius 3 is 1.27 bits per heavy atom. The molecule has 0 unspecified atom stereocenters. The van der Waals surface area contributed by atoms with Crippen molar-refractivity contribution in [1.29, 1.82) is 0 Å². The molecule has 0 saturated heterocycles. The van der Waals surface area contributed by atoms with Gasteiger partial charge in [0.1, 0.15) is 11.5 Å². The maximum atomic E-state index is 5.92. The zero-order chi connectivity index (χ0) is 22.1. The van der Waals surface area contributed by atoms with Crippen molar-refractivity contribution < 1.29 is 9.47 Å². The van der Waals surface area contributed by atoms with Crippen LogP contribution in [-0.4, -0.2) is 9.97 Å². The summed E-state index contributed by atoms with van der Waals surface area (Å²) in [6, 6.07) is 12.4. The predicted molar refractivity (Wildman–Crippen MR) is 138 cm³/mol. The summed E-state index contributed by atoms with van der Waals surface area (Å²) < 4.78 is 13.9. The molecule has 0 bridgehead atoms. The number of nitrogens with zero attached hydrogens (tertiary/aromatic N) is 2. The highest BCUT2D eigenvalue weighted by Crippen LogP contribution is 2.33. The first-order chi connectivity index (χ1) is 13.9. The van der Waals surface area contributed by atoms with Crippen LogP contribution in [0.15, 0.2) is 48.8 Å². The molecule has 0 aliphatic carbocycles. The number of aromatic nitrogens is 2. The Bertz CT molecular complexity index is 952. The second-order valence-corrected chi connectivity index (χ2v) is 11.5. The third-order valence-corrected chi connectivity index (χ3v) is 6.32. The van der Waals surface area contributed by atoms with Crippen LogP contribution >= 0.6 is 45.2 Å². The van der Waals surface area contributed by atoms with Crippen LogP contribution in [0.5, 0.6) is 23.3 Å². The van der Waals surface area contributed by atoms with Crippen molar-refractivity contribution in [1.82, 2.24) is 9.97 Å². The lowest BCUT2D eigenvalue weighted by molar-refractivity contribution is 0.432. The van der Waals surface area contributed by atoms with Crippen molar-refractivity contribution in [2.45, 2.75) is 52.4 Å². The lowest BCUT2D eigenvalue weighted by atomic mass is 9.87. The number of hydrogen-bond acceptors (Lipinski definition) is 4. The average Bonchev–Trinajstić information content (AvgIpc) is 2.65. The standard InChI is InChI=1S/C24H26I2N2O2/c1-23(2,3)15-7-9-19(17(25)11-15)29-21-13-28-22(14-27-21)30-20-10-8-16(12-18(20)26)24(4,5)6/h7-14H,1-6H3. The van der Waals surface area contributed by atoms with Crippen LogP contribution in [0.1, 0.15) is 52.7 Å². The number of ether oxygens (including phenoxy) is 2. The molecule has 0 aliphatic rings. The first-order valence-corrected chi connectivity index (χ1v) is 11.9. The van der Waals surface area contributed by atoms with Gasteiger partial charge >= 0.3 is 0 Å². The molecule has 1 heterocycles. The molecule has 30 heavy (non-hydrogen) atoms. The van der Waals surface area contributed by atoms with Gasteiger partial charge in [0.05, 0.1) is 19.5 Å². The van der Waals surface area contributed by atoms with Crippen LogP contribution in [0.4, 0.5) is 0 Å². The Balaban J connectivity index is 1.72. The Kier molecular flexibility index (Phi) is 6.96. The molecule has 2 aromatic carbocycles. The molecule has 1 aromatic heterocycles. The smallest absolute Gasteiger partial charge is 0.238 e. The van der Waals surface area contributed by atoms with Crippen LogP contribution in [0.2, 0.25) is 0 Å². The molecule has 0 aliphatic heterocycles. The van der Waals surface area contributed by atoms with Gasteiger partial charge in [0.2, 0.25) is 11.8 Å². The third-order valence-electron chi connectivity index (χ3n) is 4.63. The molecule has 3 rings (SSSR count). The van der Waals surface area contributed by atoms with Crippen molar-refractivity contribution in [3.05, 3.63) is 67.1 Å². The van der Waals surface area contributed by atoms with E-state index in [1.807, 2.05) is 12.1 Å². The Hall–Kier alpha value is -1.42. The van der Waals surface area contributed by atoms with E-state index in [0.717, 1.165) is 18.6 Å². The van der Waals surface area contributed by atoms with E-state index in [9.17, 15) is 0 Å². The summed E-state index contributed by atoms with van der Waals surface area (Å²) in [5.41, 5.74) is 2.72. The second kappa shape index (κ2) is 8.98. The topological polar surface area (TPSA) is 44.2 Å². The molecule has 158 valence electrons. The van der Waals surface area contributed by atoms with Gasteiger partial charge in [0.25, 0.3) is 0 Å². The fourth-order valence-corrected chi connectivity index (χ4v) is 3.99. The fourth-order valence-electron chi connectivity index (χ4n) is 2.74. The number of halogens is 2. The molecule has 0 amide bonds. The highest BCUT2D eigenvalue weighted by atomic mass is 127. The number of hydrogen-bond donors (Lipinski definition) is 0. The molecule has 3 aromatic rings. The first kappa shape index (κ1) is 23.2. The maximum Gasteiger partial charge on any atom is 0.238 e. The molecule has 4 nitrogen and oxygen atoms in total. The quantitative estimate of drug-likeness (QED) is 0.276. The van der Waals surface area contributed by atoms with Crippen molar-refractivity contribution >= 4 is 45.2 Å². The molecular formula is C24H26I2N2O2. The van der Waals surface area contributed by atoms with E-state index in [2.05, 4.69) is 121 Å². The maximum absolute atomic E-state index is 5.92. The highest BCUT2D eigenvalue weighted by Gasteiger charge is 2.17. The zero-order valence-corrected chi connectivity index (χ0v) is 22.4. The minimum atomic E-state index is 0.0971.